The second-order valence-corrected chi connectivity index (χ2v) is 23.5. The first-order chi connectivity index (χ1) is 43.4. The van der Waals surface area contributed by atoms with Gasteiger partial charge in [-0.15, -0.1) is 5.06 Å². The Morgan fingerprint density at radius 3 is 2.29 bits per heavy atom. The molecule has 3 fully saturated rings. The summed E-state index contributed by atoms with van der Waals surface area (Å²) in [4.78, 5) is 122. The molecule has 2 aromatic carbocycles. The van der Waals surface area contributed by atoms with Gasteiger partial charge in [0.2, 0.25) is 17.7 Å². The van der Waals surface area contributed by atoms with Gasteiger partial charge in [-0.25, -0.2) is 19.2 Å². The van der Waals surface area contributed by atoms with Crippen LogP contribution in [0.3, 0.4) is 0 Å². The summed E-state index contributed by atoms with van der Waals surface area (Å²) in [5.74, 6) is -5.56. The number of rotatable bonds is 24. The van der Waals surface area contributed by atoms with Gasteiger partial charge in [0.05, 0.1) is 69.4 Å². The number of methoxy groups -OCH3 is 2. The van der Waals surface area contributed by atoms with Crippen LogP contribution in [0.4, 0.5) is 44.6 Å². The number of primary amides is 1. The van der Waals surface area contributed by atoms with Gasteiger partial charge in [0.1, 0.15) is 46.8 Å². The molecule has 0 spiro atoms. The Kier molecular flexibility index (Phi) is 25.9. The van der Waals surface area contributed by atoms with Crippen LogP contribution in [-0.2, 0) is 74.6 Å². The van der Waals surface area contributed by atoms with Crippen LogP contribution in [-0.4, -0.2) is 178 Å². The molecule has 28 nitrogen and oxygen atoms in total. The van der Waals surface area contributed by atoms with E-state index in [1.807, 2.05) is 6.92 Å². The lowest BCUT2D eigenvalue weighted by Gasteiger charge is -2.42. The normalized spacial score (nSPS) is 24.1. The van der Waals surface area contributed by atoms with Crippen LogP contribution in [0, 0.1) is 11.8 Å². The predicted octanol–water partition coefficient (Wildman–Crippen LogP) is 4.78. The summed E-state index contributed by atoms with van der Waals surface area (Å²) < 4.78 is 85.0. The number of alkyl halides is 3. The second kappa shape index (κ2) is 32.6. The summed E-state index contributed by atoms with van der Waals surface area (Å²) in [6.07, 6.45) is -8.00. The minimum Gasteiger partial charge on any atom is -0.495 e. The van der Waals surface area contributed by atoms with Crippen molar-refractivity contribution in [2.24, 2.45) is 17.6 Å². The number of carbonyl (C=O) groups excluding carboxylic acids is 9. The highest BCUT2D eigenvalue weighted by atomic mass is 35.5. The number of ether oxygens (including phenoxy) is 7. The quantitative estimate of drug-likeness (QED) is 0.0295. The van der Waals surface area contributed by atoms with E-state index in [-0.39, 0.29) is 99.6 Å². The Labute approximate surface area is 538 Å². The Hall–Kier alpha value is -7.88. The summed E-state index contributed by atoms with van der Waals surface area (Å²) in [6.45, 7) is 8.65. The number of allylic oxidation sites excluding steroid dienone is 3. The maximum atomic E-state index is 15.1. The van der Waals surface area contributed by atoms with Crippen LogP contribution < -0.4 is 52.6 Å². The van der Waals surface area contributed by atoms with Gasteiger partial charge in [-0.1, -0.05) is 56.2 Å². The lowest BCUT2D eigenvalue weighted by Crippen LogP contribution is -2.63. The van der Waals surface area contributed by atoms with Crippen LogP contribution in [0.5, 0.6) is 5.75 Å². The average Bonchev–Trinajstić information content (AvgIpc) is 1.57. The molecule has 0 radical (unpaired) electrons. The number of halogens is 4. The van der Waals surface area contributed by atoms with Gasteiger partial charge in [0.15, 0.2) is 10.8 Å². The molecule has 4 heterocycles. The molecule has 4 aliphatic heterocycles. The maximum Gasteiger partial charge on any atom is 0.418 e. The Balaban J connectivity index is 1.14. The zero-order valence-electron chi connectivity index (χ0n) is 51.9. The van der Waals surface area contributed by atoms with E-state index in [2.05, 4.69) is 37.2 Å². The first kappa shape index (κ1) is 73.2. The zero-order valence-corrected chi connectivity index (χ0v) is 53.5. The van der Waals surface area contributed by atoms with Crippen molar-refractivity contribution in [1.82, 2.24) is 31.6 Å². The van der Waals surface area contributed by atoms with Gasteiger partial charge in [-0.3, -0.25) is 34.6 Å². The average molecular weight is 1340 g/mol. The van der Waals surface area contributed by atoms with Crippen LogP contribution >= 0.6 is 23.8 Å². The first-order valence-electron chi connectivity index (χ1n) is 29.4. The summed E-state index contributed by atoms with van der Waals surface area (Å²) in [5.41, 5.74) is 0.713. The molecular formula is C59H78ClF3N10O18S. The fourth-order valence-corrected chi connectivity index (χ4v) is 10.9. The number of benzene rings is 2. The van der Waals surface area contributed by atoms with Gasteiger partial charge in [-0.2, -0.15) is 13.2 Å². The van der Waals surface area contributed by atoms with Gasteiger partial charge in [0, 0.05) is 58.1 Å². The summed E-state index contributed by atoms with van der Waals surface area (Å²) in [7, 11) is 4.19. The van der Waals surface area contributed by atoms with E-state index in [4.69, 9.17) is 67.5 Å². The molecule has 4 bridgehead atoms. The zero-order chi connectivity index (χ0) is 67.8. The van der Waals surface area contributed by atoms with Gasteiger partial charge >= 0.3 is 30.4 Å². The molecule has 2 aromatic rings. The van der Waals surface area contributed by atoms with Crippen molar-refractivity contribution in [3.63, 3.8) is 0 Å². The highest BCUT2D eigenvalue weighted by molar-refractivity contribution is 7.80. The van der Waals surface area contributed by atoms with Crippen molar-refractivity contribution < 1.29 is 99.4 Å². The van der Waals surface area contributed by atoms with Crippen LogP contribution in [0.2, 0.25) is 5.02 Å². The van der Waals surface area contributed by atoms with E-state index in [0.29, 0.717) is 23.1 Å². The third kappa shape index (κ3) is 20.1. The number of nitrogens with one attached hydrogen (secondary N) is 7. The third-order valence-electron chi connectivity index (χ3n) is 15.4. The fourth-order valence-electron chi connectivity index (χ4n) is 10.4. The van der Waals surface area contributed by atoms with Crippen molar-refractivity contribution in [3.05, 3.63) is 70.3 Å². The van der Waals surface area contributed by atoms with E-state index in [1.54, 1.807) is 51.1 Å². The fraction of sp³-hybridized carbons (Fsp3) is 0.559. The molecule has 92 heavy (non-hydrogen) atoms. The molecule has 3 saturated heterocycles. The molecule has 0 unspecified atom stereocenters. The van der Waals surface area contributed by atoms with E-state index >= 15 is 13.2 Å². The molecule has 506 valence electrons. The van der Waals surface area contributed by atoms with E-state index in [9.17, 15) is 48.3 Å². The smallest absolute Gasteiger partial charge is 0.418 e. The Morgan fingerprint density at radius 2 is 1.64 bits per heavy atom. The minimum absolute atomic E-state index is 0.00471. The van der Waals surface area contributed by atoms with Gasteiger partial charge in [0.25, 0.3) is 11.8 Å². The molecular weight excluding hydrogens is 1260 g/mol. The molecule has 9 atom stereocenters. The monoisotopic (exact) mass is 1340 g/mol. The highest BCUT2D eigenvalue weighted by Crippen LogP contribution is 2.49. The number of aliphatic hydroxyl groups is 1. The number of carbonyl (C=O) groups is 9. The molecule has 10 N–H and O–H groups in total. The summed E-state index contributed by atoms with van der Waals surface area (Å²) >= 11 is 12.2. The van der Waals surface area contributed by atoms with E-state index < -0.39 is 143 Å². The van der Waals surface area contributed by atoms with Crippen LogP contribution in [0.25, 0.3) is 0 Å². The molecule has 0 aliphatic carbocycles. The third-order valence-corrected chi connectivity index (χ3v) is 16.1. The minimum atomic E-state index is -5.18. The summed E-state index contributed by atoms with van der Waals surface area (Å²) in [5, 5.41) is 30.0. The van der Waals surface area contributed by atoms with E-state index in [0.717, 1.165) is 17.7 Å². The Bertz CT molecular complexity index is 3130. The van der Waals surface area contributed by atoms with Gasteiger partial charge in [-0.05, 0) is 87.1 Å². The number of amides is 9. The van der Waals surface area contributed by atoms with Crippen molar-refractivity contribution in [2.75, 3.05) is 76.3 Å². The lowest BCUT2D eigenvalue weighted by atomic mass is 9.83. The van der Waals surface area contributed by atoms with Crippen molar-refractivity contribution in [3.8, 4) is 5.75 Å². The molecule has 33 heteroatoms. The molecule has 0 aromatic heterocycles. The number of alkyl carbamates (subject to hydrolysis) is 1. The molecule has 4 aliphatic rings. The predicted molar refractivity (Wildman–Crippen MR) is 327 cm³/mol. The highest BCUT2D eigenvalue weighted by Gasteiger charge is 2.64. The largest absolute Gasteiger partial charge is 0.495 e. The number of anilines is 3. The molecule has 0 saturated carbocycles. The number of hydrogen-bond donors (Lipinski definition) is 9. The number of thiocarbonyl (C=S) groups is 1. The standard InChI is InChI=1S/C59H78ClF3N10O18S/c1-31(2)49(70-54(92)66-20-22-87-24-23-86-21-18-47(77)91-73-44(74)16-17-45(73)75)52(79)69-38(12-10-19-65-53(64)80)51(78)68-37-15-14-35(28-36(37)59(61,62)63)67-55(81)89-43-29-46(76)72(6)39-26-34(27-40(84-7)48(39)60)25-32(3)11-9-13-42(85-8)58(83)30-41(88-56(82)71-58)33(4)50-57(43,5)90-50/h9,11,13-15,26-28,31,33,38,41-43,49-50,83H,10,12,16-25,29-30H2,1-8H3,(H,67,81)(H,68,78)(H,69,79)(H,71,82)(H3,64,65,80)(H2,66,70,92)/b13-9+,32-11+/t33-,38+,41+,42-,43+,49+,50+,57+,58+/m1/s1. The number of nitrogens with two attached hydrogens (primary N) is 1. The van der Waals surface area contributed by atoms with Crippen molar-refractivity contribution in [1.29, 1.82) is 0 Å². The number of epoxide rings is 1. The van der Waals surface area contributed by atoms with E-state index in [1.165, 1.54) is 33.1 Å². The van der Waals surface area contributed by atoms with Gasteiger partial charge < -0.3 is 80.3 Å². The number of urea groups is 1. The van der Waals surface area contributed by atoms with Crippen molar-refractivity contribution >= 4 is 99.7 Å². The molecule has 9 amide bonds. The Morgan fingerprint density at radius 1 is 0.946 bits per heavy atom. The number of imide groups is 1. The number of fused-ring (bicyclic) bond motifs is 5. The second-order valence-electron chi connectivity index (χ2n) is 22.7. The number of hydroxylamine groups is 2. The number of nitrogens with zero attached hydrogens (tertiary/aromatic N) is 2. The lowest BCUT2D eigenvalue weighted by molar-refractivity contribution is -0.198. The van der Waals surface area contributed by atoms with Crippen LogP contribution in [0.15, 0.2) is 54.1 Å². The number of hydrogen-bond acceptors (Lipinski definition) is 19. The maximum absolute atomic E-state index is 15.1. The topological polar surface area (TPSA) is 368 Å². The van der Waals surface area contributed by atoms with Crippen LogP contribution in [0.1, 0.15) is 90.7 Å². The van der Waals surface area contributed by atoms with Crippen molar-refractivity contribution in [2.45, 2.75) is 140 Å². The summed E-state index contributed by atoms with van der Waals surface area (Å²) in [6, 6.07) is 2.28. The first-order valence-corrected chi connectivity index (χ1v) is 30.1. The molecule has 6 rings (SSSR count). The SMILES string of the molecule is COc1cc2cc(c1Cl)N(C)C(=O)C[C@H](OC(=O)Nc1ccc(NC(=O)[C@H](CCCNC(N)=O)NC(=O)[C@@H](NC(=S)NCCOCCOCCC(=O)ON3C(=O)CCC3=O)C(C)C)c(C(F)(F)F)c1)[C@]1(C)O[C@H]1[C@H](C)[C@@H]1C[C@@](O)(NC(=O)O1)[C@H](OC)/C=C/C=C(\C)C2.